The van der Waals surface area contributed by atoms with E-state index in [2.05, 4.69) is 0 Å². The first-order chi connectivity index (χ1) is 7.99. The van der Waals surface area contributed by atoms with Crippen molar-refractivity contribution in [2.24, 2.45) is 5.73 Å². The Morgan fingerprint density at radius 3 is 2.82 bits per heavy atom. The number of nitrogens with zero attached hydrogens (tertiary/aromatic N) is 1. The second-order valence-corrected chi connectivity index (χ2v) is 7.63. The second kappa shape index (κ2) is 6.94. The molecule has 17 heavy (non-hydrogen) atoms. The predicted octanol–water partition coefficient (Wildman–Crippen LogP) is -0.230. The molecule has 2 N–H and O–H groups in total. The second-order valence-electron chi connectivity index (χ2n) is 4.28. The highest BCUT2D eigenvalue weighted by molar-refractivity contribution is 8.00. The first kappa shape index (κ1) is 15.2. The zero-order chi connectivity index (χ0) is 12.9. The summed E-state index contributed by atoms with van der Waals surface area (Å²) >= 11 is 1.70. The summed E-state index contributed by atoms with van der Waals surface area (Å²) in [7, 11) is -1.37. The highest BCUT2D eigenvalue weighted by atomic mass is 32.2. The molecule has 1 rings (SSSR count). The Morgan fingerprint density at radius 2 is 2.29 bits per heavy atom. The molecule has 1 aliphatic heterocycles. The van der Waals surface area contributed by atoms with E-state index >= 15 is 0 Å². The zero-order valence-electron chi connectivity index (χ0n) is 10.5. The number of thioether (sulfide) groups is 1. The van der Waals surface area contributed by atoms with E-state index in [-0.39, 0.29) is 11.5 Å². The van der Waals surface area contributed by atoms with Gasteiger partial charge in [0.25, 0.3) is 0 Å². The molecule has 1 saturated heterocycles. The van der Waals surface area contributed by atoms with Crippen LogP contribution in [0.2, 0.25) is 0 Å². The Balaban J connectivity index is 2.54. The third-order valence-corrected chi connectivity index (χ3v) is 5.71. The molecule has 0 radical (unpaired) electrons. The van der Waals surface area contributed by atoms with Crippen molar-refractivity contribution in [2.45, 2.75) is 17.9 Å². The van der Waals surface area contributed by atoms with Gasteiger partial charge in [0.05, 0.1) is 6.10 Å². The Hall–Kier alpha value is 0.180. The first-order valence-electron chi connectivity index (χ1n) is 5.72. The molecule has 5 nitrogen and oxygen atoms in total. The summed E-state index contributed by atoms with van der Waals surface area (Å²) in [6, 6.07) is 0. The van der Waals surface area contributed by atoms with E-state index < -0.39 is 9.84 Å². The van der Waals surface area contributed by atoms with Crippen molar-refractivity contribution in [3.05, 3.63) is 0 Å². The van der Waals surface area contributed by atoms with Crippen LogP contribution in [0.25, 0.3) is 0 Å². The fraction of sp³-hybridized carbons (Fsp3) is 1.00. The standard InChI is InChI=1S/C10H22N2O3S2/c1-15-9(7-11)3-4-12-5-6-16-8-10(12)17(2,13)14/h9-10H,3-8,11H2,1-2H3. The lowest BCUT2D eigenvalue weighted by atomic mass is 10.2. The highest BCUT2D eigenvalue weighted by Crippen LogP contribution is 2.20. The zero-order valence-corrected chi connectivity index (χ0v) is 12.1. The molecule has 0 aromatic rings. The minimum Gasteiger partial charge on any atom is -0.380 e. The summed E-state index contributed by atoms with van der Waals surface area (Å²) in [6.07, 6.45) is 2.11. The summed E-state index contributed by atoms with van der Waals surface area (Å²) in [6.45, 7) is 2.03. The number of rotatable bonds is 6. The number of ether oxygens (including phenoxy) is 1. The molecule has 0 spiro atoms. The van der Waals surface area contributed by atoms with Crippen LogP contribution in [-0.4, -0.2) is 69.3 Å². The number of sulfone groups is 1. The van der Waals surface area contributed by atoms with Crippen LogP contribution in [0.5, 0.6) is 0 Å². The number of methoxy groups -OCH3 is 1. The average Bonchev–Trinajstić information content (AvgIpc) is 2.29. The first-order valence-corrected chi connectivity index (χ1v) is 8.83. The van der Waals surface area contributed by atoms with E-state index in [0.29, 0.717) is 12.3 Å². The average molecular weight is 282 g/mol. The molecule has 2 unspecified atom stereocenters. The maximum absolute atomic E-state index is 11.7. The summed E-state index contributed by atoms with van der Waals surface area (Å²) in [5.74, 6) is 1.66. The molecule has 102 valence electrons. The van der Waals surface area contributed by atoms with Crippen LogP contribution in [-0.2, 0) is 14.6 Å². The van der Waals surface area contributed by atoms with Crippen LogP contribution in [0.4, 0.5) is 0 Å². The molecule has 0 amide bonds. The predicted molar refractivity (Wildman–Crippen MR) is 72.0 cm³/mol. The topological polar surface area (TPSA) is 72.6 Å². The van der Waals surface area contributed by atoms with E-state index in [4.69, 9.17) is 10.5 Å². The maximum atomic E-state index is 11.7. The number of hydrogen-bond acceptors (Lipinski definition) is 6. The lowest BCUT2D eigenvalue weighted by Crippen LogP contribution is -2.48. The fourth-order valence-corrected chi connectivity index (χ4v) is 4.88. The number of hydrogen-bond donors (Lipinski definition) is 1. The summed E-state index contributed by atoms with van der Waals surface area (Å²) in [4.78, 5) is 2.04. The monoisotopic (exact) mass is 282 g/mol. The van der Waals surface area contributed by atoms with E-state index in [0.717, 1.165) is 25.3 Å². The molecule has 0 aromatic heterocycles. The van der Waals surface area contributed by atoms with Gasteiger partial charge in [-0.25, -0.2) is 8.42 Å². The third-order valence-electron chi connectivity index (χ3n) is 3.02. The molecule has 0 aromatic carbocycles. The van der Waals surface area contributed by atoms with Crippen LogP contribution >= 0.6 is 11.8 Å². The summed E-state index contributed by atoms with van der Waals surface area (Å²) < 4.78 is 28.5. The Morgan fingerprint density at radius 1 is 1.59 bits per heavy atom. The molecule has 0 bridgehead atoms. The van der Waals surface area contributed by atoms with Crippen molar-refractivity contribution in [1.82, 2.24) is 4.90 Å². The van der Waals surface area contributed by atoms with Crippen molar-refractivity contribution < 1.29 is 13.2 Å². The quantitative estimate of drug-likeness (QED) is 0.725. The summed E-state index contributed by atoms with van der Waals surface area (Å²) in [5, 5.41) is -0.350. The van der Waals surface area contributed by atoms with Gasteiger partial charge in [0, 0.05) is 44.5 Å². The van der Waals surface area contributed by atoms with Crippen molar-refractivity contribution in [1.29, 1.82) is 0 Å². The van der Waals surface area contributed by atoms with Crippen LogP contribution in [0.1, 0.15) is 6.42 Å². The van der Waals surface area contributed by atoms with Gasteiger partial charge in [0.2, 0.25) is 0 Å². The molecular formula is C10H22N2O3S2. The van der Waals surface area contributed by atoms with Crippen LogP contribution in [0.15, 0.2) is 0 Å². The minimum atomic E-state index is -3.00. The van der Waals surface area contributed by atoms with Gasteiger partial charge in [-0.1, -0.05) is 0 Å². The molecular weight excluding hydrogens is 260 g/mol. The number of nitrogens with two attached hydrogens (primary N) is 1. The van der Waals surface area contributed by atoms with Crippen LogP contribution in [0, 0.1) is 0 Å². The van der Waals surface area contributed by atoms with Crippen molar-refractivity contribution in [3.8, 4) is 0 Å². The van der Waals surface area contributed by atoms with Crippen molar-refractivity contribution >= 4 is 21.6 Å². The third kappa shape index (κ3) is 4.75. The maximum Gasteiger partial charge on any atom is 0.164 e. The molecule has 1 heterocycles. The SMILES string of the molecule is COC(CN)CCN1CCSCC1S(C)(=O)=O. The normalized spacial score (nSPS) is 24.8. The van der Waals surface area contributed by atoms with Gasteiger partial charge in [0.15, 0.2) is 9.84 Å². The van der Waals surface area contributed by atoms with E-state index in [1.165, 1.54) is 6.26 Å². The van der Waals surface area contributed by atoms with Gasteiger partial charge in [-0.3, -0.25) is 4.90 Å². The van der Waals surface area contributed by atoms with E-state index in [1.54, 1.807) is 18.9 Å². The smallest absolute Gasteiger partial charge is 0.164 e. The Kier molecular flexibility index (Phi) is 6.22. The van der Waals surface area contributed by atoms with Crippen molar-refractivity contribution in [2.75, 3.05) is 44.5 Å². The molecule has 7 heteroatoms. The largest absolute Gasteiger partial charge is 0.380 e. The van der Waals surface area contributed by atoms with Gasteiger partial charge < -0.3 is 10.5 Å². The van der Waals surface area contributed by atoms with Gasteiger partial charge in [0.1, 0.15) is 5.37 Å². The molecule has 2 atom stereocenters. The van der Waals surface area contributed by atoms with Gasteiger partial charge >= 0.3 is 0 Å². The van der Waals surface area contributed by atoms with E-state index in [1.807, 2.05) is 4.90 Å². The lowest BCUT2D eigenvalue weighted by molar-refractivity contribution is 0.0888. The lowest BCUT2D eigenvalue weighted by Gasteiger charge is -2.34. The summed E-state index contributed by atoms with van der Waals surface area (Å²) in [5.41, 5.74) is 5.55. The highest BCUT2D eigenvalue weighted by Gasteiger charge is 2.30. The fourth-order valence-electron chi connectivity index (χ4n) is 1.91. The van der Waals surface area contributed by atoms with Gasteiger partial charge in [-0.05, 0) is 6.42 Å². The van der Waals surface area contributed by atoms with Crippen LogP contribution < -0.4 is 5.73 Å². The Bertz CT molecular complexity index is 318. The molecule has 0 saturated carbocycles. The van der Waals surface area contributed by atoms with Gasteiger partial charge in [-0.15, -0.1) is 0 Å². The van der Waals surface area contributed by atoms with Crippen LogP contribution in [0.3, 0.4) is 0 Å². The van der Waals surface area contributed by atoms with Gasteiger partial charge in [-0.2, -0.15) is 11.8 Å². The molecule has 1 aliphatic rings. The van der Waals surface area contributed by atoms with E-state index in [9.17, 15) is 8.42 Å². The molecule has 1 fully saturated rings. The molecule has 0 aliphatic carbocycles. The Labute approximate surface area is 108 Å². The van der Waals surface area contributed by atoms with Crippen molar-refractivity contribution in [3.63, 3.8) is 0 Å². The minimum absolute atomic E-state index is 0.0183.